The van der Waals surface area contributed by atoms with Gasteiger partial charge >= 0.3 is 11.9 Å². The lowest BCUT2D eigenvalue weighted by Crippen LogP contribution is -2.32. The molecule has 2 N–H and O–H groups in total. The van der Waals surface area contributed by atoms with E-state index in [-0.39, 0.29) is 23.7 Å². The Morgan fingerprint density at radius 3 is 2.46 bits per heavy atom. The van der Waals surface area contributed by atoms with Gasteiger partial charge in [-0.25, -0.2) is 9.59 Å². The summed E-state index contributed by atoms with van der Waals surface area (Å²) in [7, 11) is 0. The first-order valence-electron chi connectivity index (χ1n) is 7.82. The summed E-state index contributed by atoms with van der Waals surface area (Å²) in [5, 5.41) is 12.6. The average Bonchev–Trinajstić information content (AvgIpc) is 2.52. The fourth-order valence-electron chi connectivity index (χ4n) is 2.71. The molecule has 0 aromatic carbocycles. The number of ether oxygens (including phenoxy) is 1. The predicted octanol–water partition coefficient (Wildman–Crippen LogP) is 2.60. The fourth-order valence-corrected chi connectivity index (χ4v) is 2.71. The predicted molar refractivity (Wildman–Crippen MR) is 88.9 cm³/mol. The number of nitrogens with one attached hydrogen (secondary N) is 1. The smallest absolute Gasteiger partial charge is 0.336 e. The lowest BCUT2D eigenvalue weighted by Gasteiger charge is -2.29. The van der Waals surface area contributed by atoms with Crippen LogP contribution in [0.2, 0.25) is 0 Å². The van der Waals surface area contributed by atoms with Crippen LogP contribution in [0.5, 0.6) is 0 Å². The third kappa shape index (κ3) is 3.64. The maximum atomic E-state index is 12.6. The van der Waals surface area contributed by atoms with E-state index in [9.17, 15) is 14.7 Å². The zero-order chi connectivity index (χ0) is 17.9. The highest BCUT2D eigenvalue weighted by atomic mass is 16.5. The Morgan fingerprint density at radius 2 is 1.92 bits per heavy atom. The van der Waals surface area contributed by atoms with Crippen molar-refractivity contribution in [3.63, 3.8) is 0 Å². The van der Waals surface area contributed by atoms with E-state index in [1.807, 2.05) is 13.8 Å². The van der Waals surface area contributed by atoms with Crippen molar-refractivity contribution in [2.45, 2.75) is 33.6 Å². The van der Waals surface area contributed by atoms with Crippen LogP contribution in [-0.2, 0) is 14.3 Å². The van der Waals surface area contributed by atoms with E-state index in [0.717, 1.165) is 0 Å². The summed E-state index contributed by atoms with van der Waals surface area (Å²) >= 11 is 0. The van der Waals surface area contributed by atoms with Gasteiger partial charge in [-0.2, -0.15) is 0 Å². The molecule has 128 valence electrons. The number of hydrogen-bond acceptors (Lipinski definition) is 5. The van der Waals surface area contributed by atoms with Crippen molar-refractivity contribution < 1.29 is 19.4 Å². The zero-order valence-corrected chi connectivity index (χ0v) is 14.3. The van der Waals surface area contributed by atoms with Crippen LogP contribution >= 0.6 is 0 Å². The maximum Gasteiger partial charge on any atom is 0.336 e. The molecule has 0 saturated carbocycles. The molecule has 1 unspecified atom stereocenters. The van der Waals surface area contributed by atoms with E-state index >= 15 is 0 Å². The second-order valence-electron chi connectivity index (χ2n) is 6.19. The highest BCUT2D eigenvalue weighted by Gasteiger charge is 2.38. The van der Waals surface area contributed by atoms with Crippen LogP contribution in [0, 0.1) is 5.92 Å². The molecular weight excluding hydrogens is 308 g/mol. The molecule has 1 aliphatic rings. The maximum absolute atomic E-state index is 12.6. The average molecular weight is 330 g/mol. The van der Waals surface area contributed by atoms with E-state index in [1.54, 1.807) is 38.2 Å². The van der Waals surface area contributed by atoms with Gasteiger partial charge in [0.2, 0.25) is 0 Å². The molecule has 0 fully saturated rings. The Kier molecular flexibility index (Phi) is 5.39. The number of esters is 1. The quantitative estimate of drug-likeness (QED) is 0.807. The second-order valence-corrected chi connectivity index (χ2v) is 6.19. The number of carbonyl (C=O) groups is 2. The van der Waals surface area contributed by atoms with Gasteiger partial charge in [0, 0.05) is 17.6 Å². The Hall–Kier alpha value is -2.63. The van der Waals surface area contributed by atoms with Gasteiger partial charge in [-0.05, 0) is 31.9 Å². The van der Waals surface area contributed by atoms with Gasteiger partial charge in [-0.15, -0.1) is 0 Å². The molecule has 1 aromatic heterocycles. The number of pyridine rings is 1. The molecule has 1 atom stereocenters. The molecule has 0 spiro atoms. The van der Waals surface area contributed by atoms with Crippen molar-refractivity contribution in [2.24, 2.45) is 5.92 Å². The highest BCUT2D eigenvalue weighted by Crippen LogP contribution is 2.37. The van der Waals surface area contributed by atoms with Crippen LogP contribution in [0.25, 0.3) is 0 Å². The summed E-state index contributed by atoms with van der Waals surface area (Å²) < 4.78 is 5.35. The number of allylic oxidation sites excluding steroid dienone is 2. The second kappa shape index (κ2) is 7.29. The number of rotatable bonds is 5. The number of hydrogen-bond donors (Lipinski definition) is 2. The molecule has 0 aliphatic carbocycles. The minimum Gasteiger partial charge on any atom is -0.478 e. The van der Waals surface area contributed by atoms with Gasteiger partial charge in [-0.3, -0.25) is 4.98 Å². The number of carboxylic acid groups (broad SMARTS) is 1. The van der Waals surface area contributed by atoms with Gasteiger partial charge in [0.1, 0.15) is 0 Å². The molecule has 2 heterocycles. The Labute approximate surface area is 141 Å². The molecule has 6 nitrogen and oxygen atoms in total. The summed E-state index contributed by atoms with van der Waals surface area (Å²) in [5.41, 5.74) is 1.98. The van der Waals surface area contributed by atoms with Crippen molar-refractivity contribution in [1.82, 2.24) is 10.3 Å². The number of carbonyl (C=O) groups excluding carboxylic acids is 1. The molecule has 0 amide bonds. The monoisotopic (exact) mass is 330 g/mol. The Bertz CT molecular complexity index is 705. The normalized spacial score (nSPS) is 17.8. The van der Waals surface area contributed by atoms with Crippen molar-refractivity contribution in [3.8, 4) is 0 Å². The van der Waals surface area contributed by atoms with Crippen LogP contribution < -0.4 is 5.32 Å². The van der Waals surface area contributed by atoms with Crippen molar-refractivity contribution in [3.05, 3.63) is 52.6 Å². The summed E-state index contributed by atoms with van der Waals surface area (Å²) in [5.74, 6) is -2.17. The molecule has 1 aliphatic heterocycles. The first-order chi connectivity index (χ1) is 11.3. The molecule has 0 saturated heterocycles. The lowest BCUT2D eigenvalue weighted by atomic mass is 9.83. The molecule has 0 bridgehead atoms. The van der Waals surface area contributed by atoms with Crippen LogP contribution in [0.3, 0.4) is 0 Å². The number of nitrogens with zero attached hydrogens (tertiary/aromatic N) is 1. The Morgan fingerprint density at radius 1 is 1.25 bits per heavy atom. The first kappa shape index (κ1) is 17.7. The van der Waals surface area contributed by atoms with E-state index in [0.29, 0.717) is 17.1 Å². The first-order valence-corrected chi connectivity index (χ1v) is 7.82. The minimum atomic E-state index is -1.09. The summed E-state index contributed by atoms with van der Waals surface area (Å²) in [4.78, 5) is 28.7. The SMILES string of the molecule is CC1=C(C(=O)O)C(c2ccccn2)C(C(=O)OCC(C)C)=C(C)N1. The standard InChI is InChI=1S/C18H22N2O4/c1-10(2)9-24-18(23)15-12(4)20-11(3)14(17(21)22)16(15)13-7-5-6-8-19-13/h5-8,10,16,20H,9H2,1-4H3,(H,21,22). The van der Waals surface area contributed by atoms with E-state index < -0.39 is 17.9 Å². The van der Waals surface area contributed by atoms with E-state index in [1.165, 1.54) is 0 Å². The van der Waals surface area contributed by atoms with Crippen LogP contribution in [0.4, 0.5) is 0 Å². The molecule has 0 radical (unpaired) electrons. The number of aliphatic carboxylic acids is 1. The largest absolute Gasteiger partial charge is 0.478 e. The van der Waals surface area contributed by atoms with Crippen molar-refractivity contribution in [2.75, 3.05) is 6.61 Å². The fraction of sp³-hybridized carbons (Fsp3) is 0.389. The number of carboxylic acids is 1. The van der Waals surface area contributed by atoms with Crippen LogP contribution in [-0.4, -0.2) is 28.6 Å². The minimum absolute atomic E-state index is 0.107. The molecule has 6 heteroatoms. The highest BCUT2D eigenvalue weighted by molar-refractivity contribution is 5.99. The topological polar surface area (TPSA) is 88.5 Å². The van der Waals surface area contributed by atoms with Crippen molar-refractivity contribution >= 4 is 11.9 Å². The lowest BCUT2D eigenvalue weighted by molar-refractivity contribution is -0.140. The van der Waals surface area contributed by atoms with Gasteiger partial charge in [0.25, 0.3) is 0 Å². The number of dihydropyridines is 1. The van der Waals surface area contributed by atoms with Crippen LogP contribution in [0.1, 0.15) is 39.3 Å². The molecule has 1 aromatic rings. The molecule has 2 rings (SSSR count). The molecular formula is C18H22N2O4. The third-order valence-corrected chi connectivity index (χ3v) is 3.74. The summed E-state index contributed by atoms with van der Waals surface area (Å²) in [6.07, 6.45) is 1.58. The van der Waals surface area contributed by atoms with E-state index in [2.05, 4.69) is 10.3 Å². The molecule has 24 heavy (non-hydrogen) atoms. The Balaban J connectivity index is 2.51. The van der Waals surface area contributed by atoms with Crippen molar-refractivity contribution in [1.29, 1.82) is 0 Å². The number of aromatic nitrogens is 1. The zero-order valence-electron chi connectivity index (χ0n) is 14.3. The van der Waals surface area contributed by atoms with Crippen LogP contribution in [0.15, 0.2) is 46.9 Å². The van der Waals surface area contributed by atoms with E-state index in [4.69, 9.17) is 4.74 Å². The van der Waals surface area contributed by atoms with Gasteiger partial charge in [-0.1, -0.05) is 19.9 Å². The van der Waals surface area contributed by atoms with Gasteiger partial charge in [0.05, 0.1) is 29.4 Å². The summed E-state index contributed by atoms with van der Waals surface area (Å²) in [6, 6.07) is 5.23. The third-order valence-electron chi connectivity index (χ3n) is 3.74. The van der Waals surface area contributed by atoms with Gasteiger partial charge in [0.15, 0.2) is 0 Å². The summed E-state index contributed by atoms with van der Waals surface area (Å²) in [6.45, 7) is 7.58. The van der Waals surface area contributed by atoms with Gasteiger partial charge < -0.3 is 15.2 Å².